The van der Waals surface area contributed by atoms with Gasteiger partial charge in [0.15, 0.2) is 10.2 Å². The first-order valence-electron chi connectivity index (χ1n) is 5.88. The molecule has 0 saturated heterocycles. The van der Waals surface area contributed by atoms with Crippen LogP contribution in [0, 0.1) is 0 Å². The van der Waals surface area contributed by atoms with Crippen molar-refractivity contribution in [2.45, 2.75) is 17.7 Å². The molecule has 0 saturated carbocycles. The van der Waals surface area contributed by atoms with E-state index in [2.05, 4.69) is 15.1 Å². The Labute approximate surface area is 122 Å². The van der Waals surface area contributed by atoms with Crippen LogP contribution < -0.4 is 0 Å². The van der Waals surface area contributed by atoms with Crippen molar-refractivity contribution in [3.63, 3.8) is 0 Å². The van der Waals surface area contributed by atoms with Crippen LogP contribution in [0.2, 0.25) is 0 Å². The highest BCUT2D eigenvalue weighted by molar-refractivity contribution is 7.99. The van der Waals surface area contributed by atoms with Crippen LogP contribution in [0.25, 0.3) is 10.2 Å². The predicted molar refractivity (Wildman–Crippen MR) is 77.2 cm³/mol. The number of carbonyl (C=O) groups is 1. The fraction of sp³-hybridized carbons (Fsp3) is 0.167. The lowest BCUT2D eigenvalue weighted by Crippen LogP contribution is -1.94. The van der Waals surface area contributed by atoms with Crippen LogP contribution in [-0.4, -0.2) is 30.2 Å². The van der Waals surface area contributed by atoms with Crippen molar-refractivity contribution < 1.29 is 9.90 Å². The molecule has 0 radical (unpaired) electrons. The van der Waals surface area contributed by atoms with Crippen LogP contribution in [0.3, 0.4) is 0 Å². The molecule has 0 spiro atoms. The van der Waals surface area contributed by atoms with Gasteiger partial charge in [-0.2, -0.15) is 4.09 Å². The summed E-state index contributed by atoms with van der Waals surface area (Å²) in [5, 5.41) is 13.3. The van der Waals surface area contributed by atoms with Crippen LogP contribution in [0.4, 0.5) is 0 Å². The Kier molecular flexibility index (Phi) is 3.41. The fourth-order valence-electron chi connectivity index (χ4n) is 1.64. The maximum atomic E-state index is 10.9. The molecule has 0 unspecified atom stereocenters. The molecule has 0 aliphatic rings. The Morgan fingerprint density at radius 1 is 1.50 bits per heavy atom. The zero-order chi connectivity index (χ0) is 14.1. The number of fused-ring (bicyclic) bond motifs is 1. The van der Waals surface area contributed by atoms with Crippen LogP contribution in [0.1, 0.15) is 23.1 Å². The molecule has 0 aliphatic heterocycles. The Morgan fingerprint density at radius 2 is 2.35 bits per heavy atom. The molecule has 1 aromatic carbocycles. The van der Waals surface area contributed by atoms with Gasteiger partial charge in [0.25, 0.3) is 0 Å². The first-order chi connectivity index (χ1) is 9.65. The SMILES string of the molecule is CCc1ncn(Sc2nc3ccc(C(=O)O)cc3s2)n1. The molecule has 1 N–H and O–H groups in total. The number of carboxylic acid groups (broad SMARTS) is 1. The molecule has 3 rings (SSSR count). The first-order valence-corrected chi connectivity index (χ1v) is 7.47. The summed E-state index contributed by atoms with van der Waals surface area (Å²) < 4.78 is 3.31. The normalized spacial score (nSPS) is 11.1. The van der Waals surface area contributed by atoms with E-state index in [1.54, 1.807) is 28.6 Å². The summed E-state index contributed by atoms with van der Waals surface area (Å²) in [6.45, 7) is 2.00. The third kappa shape index (κ3) is 2.52. The highest BCUT2D eigenvalue weighted by Crippen LogP contribution is 2.30. The molecular formula is C12H10N4O2S2. The largest absolute Gasteiger partial charge is 0.478 e. The van der Waals surface area contributed by atoms with Gasteiger partial charge >= 0.3 is 5.97 Å². The van der Waals surface area contributed by atoms with Gasteiger partial charge in [0.2, 0.25) is 0 Å². The molecule has 2 aromatic heterocycles. The second-order valence-electron chi connectivity index (χ2n) is 3.98. The Bertz CT molecular complexity index is 781. The van der Waals surface area contributed by atoms with Gasteiger partial charge in [-0.25, -0.2) is 14.8 Å². The van der Waals surface area contributed by atoms with Gasteiger partial charge in [-0.1, -0.05) is 6.92 Å². The van der Waals surface area contributed by atoms with Crippen LogP contribution in [0.5, 0.6) is 0 Å². The van der Waals surface area contributed by atoms with Gasteiger partial charge in [-0.05, 0) is 18.2 Å². The Hall–Kier alpha value is -1.93. The summed E-state index contributed by atoms with van der Waals surface area (Å²) in [5.74, 6) is -0.148. The monoisotopic (exact) mass is 306 g/mol. The van der Waals surface area contributed by atoms with E-state index in [1.807, 2.05) is 6.92 Å². The molecule has 0 amide bonds. The van der Waals surface area contributed by atoms with Crippen molar-refractivity contribution >= 4 is 39.5 Å². The zero-order valence-corrected chi connectivity index (χ0v) is 12.1. The van der Waals surface area contributed by atoms with E-state index >= 15 is 0 Å². The molecule has 8 heteroatoms. The van der Waals surface area contributed by atoms with E-state index in [1.165, 1.54) is 23.3 Å². The van der Waals surface area contributed by atoms with Crippen LogP contribution in [-0.2, 0) is 6.42 Å². The second-order valence-corrected chi connectivity index (χ2v) is 6.21. The van der Waals surface area contributed by atoms with E-state index in [4.69, 9.17) is 5.11 Å². The van der Waals surface area contributed by atoms with E-state index in [0.29, 0.717) is 0 Å². The smallest absolute Gasteiger partial charge is 0.335 e. The van der Waals surface area contributed by atoms with Gasteiger partial charge in [0, 0.05) is 18.4 Å². The molecule has 3 aromatic rings. The van der Waals surface area contributed by atoms with E-state index < -0.39 is 5.97 Å². The van der Waals surface area contributed by atoms with E-state index in [9.17, 15) is 4.79 Å². The number of thiazole rings is 1. The highest BCUT2D eigenvalue weighted by Gasteiger charge is 2.10. The van der Waals surface area contributed by atoms with Crippen molar-refractivity contribution in [2.24, 2.45) is 0 Å². The minimum absolute atomic E-state index is 0.270. The van der Waals surface area contributed by atoms with Gasteiger partial charge in [-0.3, -0.25) is 0 Å². The van der Waals surface area contributed by atoms with Crippen molar-refractivity contribution in [1.82, 2.24) is 19.2 Å². The summed E-state index contributed by atoms with van der Waals surface area (Å²) in [4.78, 5) is 19.5. The Morgan fingerprint density at radius 3 is 3.05 bits per heavy atom. The third-order valence-corrected chi connectivity index (χ3v) is 4.52. The lowest BCUT2D eigenvalue weighted by molar-refractivity contribution is 0.0697. The number of rotatable bonds is 4. The second kappa shape index (κ2) is 5.22. The number of aryl methyl sites for hydroxylation is 1. The van der Waals surface area contributed by atoms with Gasteiger partial charge in [0.1, 0.15) is 6.33 Å². The van der Waals surface area contributed by atoms with E-state index in [0.717, 1.165) is 26.8 Å². The van der Waals surface area contributed by atoms with Gasteiger partial charge in [-0.15, -0.1) is 16.4 Å². The van der Waals surface area contributed by atoms with Crippen LogP contribution in [0.15, 0.2) is 28.9 Å². The average molecular weight is 306 g/mol. The number of aromatic nitrogens is 4. The molecule has 0 atom stereocenters. The number of benzene rings is 1. The topological polar surface area (TPSA) is 80.9 Å². The summed E-state index contributed by atoms with van der Waals surface area (Å²) in [7, 11) is 0. The van der Waals surface area contributed by atoms with Crippen LogP contribution >= 0.6 is 23.3 Å². The molecule has 0 fully saturated rings. The lowest BCUT2D eigenvalue weighted by atomic mass is 10.2. The minimum atomic E-state index is -0.932. The third-order valence-electron chi connectivity index (χ3n) is 2.62. The number of hydrogen-bond donors (Lipinski definition) is 1. The standard InChI is InChI=1S/C12H10N4O2S2/c1-2-10-13-6-16(15-10)20-12-14-8-4-3-7(11(17)18)5-9(8)19-12/h3-6H,2H2,1H3,(H,17,18). The summed E-state index contributed by atoms with van der Waals surface area (Å²) in [6, 6.07) is 4.92. The van der Waals surface area contributed by atoms with E-state index in [-0.39, 0.29) is 5.56 Å². The van der Waals surface area contributed by atoms with Gasteiger partial charge < -0.3 is 5.11 Å². The first kappa shape index (κ1) is 13.1. The quantitative estimate of drug-likeness (QED) is 0.798. The zero-order valence-electron chi connectivity index (χ0n) is 10.5. The number of carboxylic acids is 1. The molecular weight excluding hydrogens is 296 g/mol. The molecule has 102 valence electrons. The molecule has 2 heterocycles. The summed E-state index contributed by atoms with van der Waals surface area (Å²) in [5.41, 5.74) is 1.06. The number of nitrogens with zero attached hydrogens (tertiary/aromatic N) is 4. The number of aromatic carboxylic acids is 1. The molecule has 20 heavy (non-hydrogen) atoms. The Balaban J connectivity index is 1.90. The highest BCUT2D eigenvalue weighted by atomic mass is 32.2. The lowest BCUT2D eigenvalue weighted by Gasteiger charge is -1.92. The van der Waals surface area contributed by atoms with Gasteiger partial charge in [0.05, 0.1) is 15.8 Å². The average Bonchev–Trinajstić information content (AvgIpc) is 3.03. The van der Waals surface area contributed by atoms with Crippen molar-refractivity contribution in [3.8, 4) is 0 Å². The maximum absolute atomic E-state index is 10.9. The molecule has 0 bridgehead atoms. The summed E-state index contributed by atoms with van der Waals surface area (Å²) >= 11 is 2.81. The fourth-order valence-corrected chi connectivity index (χ4v) is 3.56. The number of hydrogen-bond acceptors (Lipinski definition) is 6. The maximum Gasteiger partial charge on any atom is 0.335 e. The van der Waals surface area contributed by atoms with Crippen molar-refractivity contribution in [2.75, 3.05) is 0 Å². The minimum Gasteiger partial charge on any atom is -0.478 e. The molecule has 0 aliphatic carbocycles. The predicted octanol–water partition coefficient (Wildman–Crippen LogP) is 2.70. The molecule has 6 nitrogen and oxygen atoms in total. The van der Waals surface area contributed by atoms with Crippen molar-refractivity contribution in [1.29, 1.82) is 0 Å². The summed E-state index contributed by atoms with van der Waals surface area (Å²) in [6.07, 6.45) is 2.44. The van der Waals surface area contributed by atoms with Crippen molar-refractivity contribution in [3.05, 3.63) is 35.9 Å².